The van der Waals surface area contributed by atoms with Crippen LogP contribution in [-0.2, 0) is 13.0 Å². The first-order chi connectivity index (χ1) is 11.7. The highest BCUT2D eigenvalue weighted by Crippen LogP contribution is 2.32. The molecule has 1 aromatic rings. The van der Waals surface area contributed by atoms with Crippen LogP contribution in [0.25, 0.3) is 0 Å². The van der Waals surface area contributed by atoms with Gasteiger partial charge in [-0.05, 0) is 56.8 Å². The van der Waals surface area contributed by atoms with Crippen LogP contribution in [0.2, 0.25) is 0 Å². The van der Waals surface area contributed by atoms with Crippen molar-refractivity contribution >= 4 is 5.91 Å². The number of carbonyl (C=O) groups excluding carboxylic acids is 1. The van der Waals surface area contributed by atoms with Crippen molar-refractivity contribution in [3.63, 3.8) is 0 Å². The van der Waals surface area contributed by atoms with Gasteiger partial charge >= 0.3 is 0 Å². The molecule has 0 saturated heterocycles. The molecule has 130 valence electrons. The monoisotopic (exact) mass is 330 g/mol. The Labute approximate surface area is 142 Å². The summed E-state index contributed by atoms with van der Waals surface area (Å²) < 4.78 is 7.71. The highest BCUT2D eigenvalue weighted by Gasteiger charge is 2.28. The molecular weight excluding hydrogens is 304 g/mol. The summed E-state index contributed by atoms with van der Waals surface area (Å²) in [5.41, 5.74) is 1.45. The Hall–Kier alpha value is -1.78. The second-order valence-corrected chi connectivity index (χ2v) is 7.54. The first-order valence-corrected chi connectivity index (χ1v) is 9.40. The third kappa shape index (κ3) is 3.50. The molecular formula is C19H26N2O3. The molecule has 2 heterocycles. The topological polar surface area (TPSA) is 60.3 Å². The molecule has 0 aromatic carbocycles. The lowest BCUT2D eigenvalue weighted by molar-refractivity contribution is 0.0945. The molecule has 0 radical (unpaired) electrons. The summed E-state index contributed by atoms with van der Waals surface area (Å²) in [6.07, 6.45) is 8.69. The molecule has 2 aliphatic carbocycles. The van der Waals surface area contributed by atoms with Crippen molar-refractivity contribution in [2.45, 2.75) is 57.9 Å². The van der Waals surface area contributed by atoms with E-state index in [0.717, 1.165) is 37.9 Å². The first kappa shape index (κ1) is 15.7. The van der Waals surface area contributed by atoms with Crippen molar-refractivity contribution in [2.24, 2.45) is 11.8 Å². The van der Waals surface area contributed by atoms with Gasteiger partial charge in [0, 0.05) is 24.8 Å². The highest BCUT2D eigenvalue weighted by molar-refractivity contribution is 5.98. The molecule has 0 atom stereocenters. The molecule has 2 fully saturated rings. The second kappa shape index (κ2) is 6.61. The van der Waals surface area contributed by atoms with E-state index >= 15 is 0 Å². The quantitative estimate of drug-likeness (QED) is 0.872. The van der Waals surface area contributed by atoms with Gasteiger partial charge in [0.15, 0.2) is 0 Å². The van der Waals surface area contributed by atoms with Crippen LogP contribution in [0.3, 0.4) is 0 Å². The summed E-state index contributed by atoms with van der Waals surface area (Å²) >= 11 is 0. The summed E-state index contributed by atoms with van der Waals surface area (Å²) in [5.74, 6) is 1.65. The number of ether oxygens (including phenoxy) is 1. The third-order valence-electron chi connectivity index (χ3n) is 5.32. The molecule has 1 aromatic heterocycles. The predicted octanol–water partition coefficient (Wildman–Crippen LogP) is 2.50. The summed E-state index contributed by atoms with van der Waals surface area (Å²) in [4.78, 5) is 25.3. The molecule has 0 unspecified atom stereocenters. The van der Waals surface area contributed by atoms with E-state index in [-0.39, 0.29) is 11.5 Å². The summed E-state index contributed by atoms with van der Waals surface area (Å²) in [6.45, 7) is 2.06. The van der Waals surface area contributed by atoms with Gasteiger partial charge < -0.3 is 14.6 Å². The minimum absolute atomic E-state index is 0.0311. The Morgan fingerprint density at radius 3 is 2.71 bits per heavy atom. The second-order valence-electron chi connectivity index (χ2n) is 7.54. The number of nitrogens with one attached hydrogen (secondary N) is 1. The number of amides is 1. The van der Waals surface area contributed by atoms with Crippen LogP contribution < -0.4 is 15.6 Å². The van der Waals surface area contributed by atoms with Gasteiger partial charge in [-0.15, -0.1) is 0 Å². The number of carbonyl (C=O) groups is 1. The summed E-state index contributed by atoms with van der Waals surface area (Å²) in [7, 11) is 0. The highest BCUT2D eigenvalue weighted by atomic mass is 16.5. The maximum atomic E-state index is 12.8. The van der Waals surface area contributed by atoms with Crippen LogP contribution in [0.4, 0.5) is 0 Å². The normalized spacial score (nSPS) is 20.2. The van der Waals surface area contributed by atoms with E-state index < -0.39 is 0 Å². The van der Waals surface area contributed by atoms with Gasteiger partial charge in [-0.3, -0.25) is 9.59 Å². The molecule has 1 aliphatic heterocycles. The lowest BCUT2D eigenvalue weighted by Gasteiger charge is -2.18. The molecule has 2 saturated carbocycles. The van der Waals surface area contributed by atoms with E-state index in [9.17, 15) is 9.59 Å². The van der Waals surface area contributed by atoms with Crippen LogP contribution in [0, 0.1) is 11.8 Å². The van der Waals surface area contributed by atoms with Gasteiger partial charge in [0.2, 0.25) is 0 Å². The number of hydrogen-bond donors (Lipinski definition) is 1. The third-order valence-corrected chi connectivity index (χ3v) is 5.32. The van der Waals surface area contributed by atoms with E-state index in [2.05, 4.69) is 5.32 Å². The van der Waals surface area contributed by atoms with Gasteiger partial charge in [-0.1, -0.05) is 6.42 Å². The molecule has 0 bridgehead atoms. The van der Waals surface area contributed by atoms with Crippen molar-refractivity contribution in [1.29, 1.82) is 0 Å². The van der Waals surface area contributed by atoms with Gasteiger partial charge in [0.25, 0.3) is 11.5 Å². The smallest absolute Gasteiger partial charge is 0.256 e. The van der Waals surface area contributed by atoms with Crippen molar-refractivity contribution < 1.29 is 9.53 Å². The zero-order valence-electron chi connectivity index (χ0n) is 14.2. The van der Waals surface area contributed by atoms with Crippen molar-refractivity contribution in [1.82, 2.24) is 9.88 Å². The number of fused-ring (bicyclic) bond motifs is 1. The zero-order valence-corrected chi connectivity index (χ0v) is 14.2. The van der Waals surface area contributed by atoms with Crippen LogP contribution in [0.1, 0.15) is 61.0 Å². The van der Waals surface area contributed by atoms with E-state index in [0.29, 0.717) is 36.3 Å². The van der Waals surface area contributed by atoms with Gasteiger partial charge in [-0.25, -0.2) is 0 Å². The average molecular weight is 330 g/mol. The van der Waals surface area contributed by atoms with Gasteiger partial charge in [-0.2, -0.15) is 0 Å². The Bertz CT molecular complexity index is 687. The van der Waals surface area contributed by atoms with Gasteiger partial charge in [0.1, 0.15) is 11.3 Å². The van der Waals surface area contributed by atoms with Crippen LogP contribution in [0.5, 0.6) is 5.75 Å². The molecule has 0 spiro atoms. The number of aromatic nitrogens is 1. The lowest BCUT2D eigenvalue weighted by Crippen LogP contribution is -2.32. The molecule has 4 rings (SSSR count). The van der Waals surface area contributed by atoms with Crippen LogP contribution in [-0.4, -0.2) is 23.6 Å². The largest absolute Gasteiger partial charge is 0.492 e. The maximum Gasteiger partial charge on any atom is 0.256 e. The molecule has 3 aliphatic rings. The van der Waals surface area contributed by atoms with Crippen molar-refractivity contribution in [2.75, 3.05) is 13.2 Å². The zero-order chi connectivity index (χ0) is 16.5. The fraction of sp³-hybridized carbons (Fsp3) is 0.684. The number of pyridine rings is 1. The summed E-state index contributed by atoms with van der Waals surface area (Å²) in [6, 6.07) is 1.53. The number of nitrogens with zero attached hydrogens (tertiary/aromatic N) is 1. The fourth-order valence-corrected chi connectivity index (χ4v) is 3.41. The van der Waals surface area contributed by atoms with Crippen molar-refractivity contribution in [3.8, 4) is 5.75 Å². The van der Waals surface area contributed by atoms with E-state index in [4.69, 9.17) is 4.74 Å². The molecule has 5 nitrogen and oxygen atoms in total. The number of hydrogen-bond acceptors (Lipinski definition) is 3. The predicted molar refractivity (Wildman–Crippen MR) is 91.5 cm³/mol. The standard InChI is InChI=1S/C19H26N2O3/c22-17-10-16(24-12-14-7-8-14)18(19(23)20-11-13-5-6-13)15-4-2-1-3-9-21(15)17/h10,13-14H,1-9,11-12H2,(H,20,23). The first-order valence-electron chi connectivity index (χ1n) is 9.40. The average Bonchev–Trinajstić information content (AvgIpc) is 3.46. The minimum Gasteiger partial charge on any atom is -0.492 e. The molecule has 1 N–H and O–H groups in total. The SMILES string of the molecule is O=C(NCC1CC1)c1c(OCC2CC2)cc(=O)n2c1CCCCC2. The fourth-order valence-electron chi connectivity index (χ4n) is 3.41. The number of rotatable bonds is 6. The maximum absolute atomic E-state index is 12.8. The lowest BCUT2D eigenvalue weighted by atomic mass is 10.1. The summed E-state index contributed by atoms with van der Waals surface area (Å²) in [5, 5.41) is 3.06. The van der Waals surface area contributed by atoms with Crippen LogP contribution >= 0.6 is 0 Å². The Morgan fingerprint density at radius 1 is 1.17 bits per heavy atom. The minimum atomic E-state index is -0.0710. The van der Waals surface area contributed by atoms with E-state index in [1.54, 1.807) is 4.57 Å². The molecule has 1 amide bonds. The van der Waals surface area contributed by atoms with E-state index in [1.165, 1.54) is 31.7 Å². The van der Waals surface area contributed by atoms with E-state index in [1.807, 2.05) is 0 Å². The van der Waals surface area contributed by atoms with Gasteiger partial charge in [0.05, 0.1) is 6.61 Å². The molecule has 24 heavy (non-hydrogen) atoms. The Kier molecular flexibility index (Phi) is 4.33. The molecule has 5 heteroatoms. The Morgan fingerprint density at radius 2 is 1.96 bits per heavy atom. The Balaban J connectivity index is 1.67. The van der Waals surface area contributed by atoms with Crippen LogP contribution in [0.15, 0.2) is 10.9 Å². The van der Waals surface area contributed by atoms with Crippen molar-refractivity contribution in [3.05, 3.63) is 27.7 Å².